The minimum Gasteiger partial charge on any atom is -0.343 e. The molecule has 18 heavy (non-hydrogen) atoms. The van der Waals surface area contributed by atoms with Gasteiger partial charge in [-0.25, -0.2) is 0 Å². The van der Waals surface area contributed by atoms with E-state index in [1.54, 1.807) is 11.8 Å². The normalized spacial score (nSPS) is 24.3. The molecular weight excluding hydrogens is 248 g/mol. The van der Waals surface area contributed by atoms with Gasteiger partial charge < -0.3 is 10.2 Å². The molecule has 2 unspecified atom stereocenters. The molecule has 1 aliphatic rings. The molecule has 1 saturated heterocycles. The van der Waals surface area contributed by atoms with Crippen molar-refractivity contribution in [2.45, 2.75) is 52.1 Å². The Labute approximate surface area is 114 Å². The molecule has 2 amide bonds. The van der Waals surface area contributed by atoms with Crippen LogP contribution in [0, 0.1) is 0 Å². The van der Waals surface area contributed by atoms with Gasteiger partial charge in [0.25, 0.3) is 0 Å². The van der Waals surface area contributed by atoms with Gasteiger partial charge in [0.05, 0.1) is 0 Å². The molecule has 0 bridgehead atoms. The molecule has 1 heterocycles. The second kappa shape index (κ2) is 7.67. The van der Waals surface area contributed by atoms with Crippen LogP contribution < -0.4 is 5.32 Å². The van der Waals surface area contributed by atoms with Crippen molar-refractivity contribution in [3.05, 3.63) is 0 Å². The zero-order valence-corrected chi connectivity index (χ0v) is 12.4. The third kappa shape index (κ3) is 3.90. The molecule has 0 aliphatic carbocycles. The molecule has 0 aromatic carbocycles. The first-order valence-electron chi connectivity index (χ1n) is 6.80. The fourth-order valence-electron chi connectivity index (χ4n) is 2.22. The van der Waals surface area contributed by atoms with Gasteiger partial charge in [-0.05, 0) is 31.3 Å². The third-order valence-corrected chi connectivity index (χ3v) is 4.13. The van der Waals surface area contributed by atoms with Gasteiger partial charge in [0.2, 0.25) is 11.8 Å². The number of nitrogens with one attached hydrogen (secondary N) is 1. The van der Waals surface area contributed by atoms with E-state index in [1.807, 2.05) is 18.7 Å². The lowest BCUT2D eigenvalue weighted by Crippen LogP contribution is -2.62. The monoisotopic (exact) mass is 272 g/mol. The lowest BCUT2D eigenvalue weighted by Gasteiger charge is -2.38. The summed E-state index contributed by atoms with van der Waals surface area (Å²) in [6.07, 6.45) is 2.63. The Morgan fingerprint density at radius 2 is 2.06 bits per heavy atom. The van der Waals surface area contributed by atoms with Gasteiger partial charge in [0.15, 0.2) is 0 Å². The minimum atomic E-state index is -0.371. The number of nitrogens with zero attached hydrogens (tertiary/aromatic N) is 1. The van der Waals surface area contributed by atoms with Crippen molar-refractivity contribution >= 4 is 23.6 Å². The Balaban J connectivity index is 2.60. The van der Waals surface area contributed by atoms with Gasteiger partial charge in [0, 0.05) is 6.54 Å². The molecule has 0 saturated carbocycles. The molecule has 1 aliphatic heterocycles. The predicted octanol–water partition coefficient (Wildman–Crippen LogP) is 1.65. The van der Waals surface area contributed by atoms with E-state index in [0.29, 0.717) is 6.54 Å². The Bertz CT molecular complexity index is 297. The van der Waals surface area contributed by atoms with Crippen LogP contribution in [0.5, 0.6) is 0 Å². The van der Waals surface area contributed by atoms with E-state index >= 15 is 0 Å². The van der Waals surface area contributed by atoms with Crippen LogP contribution in [0.25, 0.3) is 0 Å². The number of amides is 2. The summed E-state index contributed by atoms with van der Waals surface area (Å²) in [5.74, 6) is 2.22. The van der Waals surface area contributed by atoms with Gasteiger partial charge in [0.1, 0.15) is 12.1 Å². The van der Waals surface area contributed by atoms with E-state index in [4.69, 9.17) is 0 Å². The first-order valence-corrected chi connectivity index (χ1v) is 7.95. The van der Waals surface area contributed by atoms with Gasteiger partial charge in [-0.15, -0.1) is 0 Å². The summed E-state index contributed by atoms with van der Waals surface area (Å²) in [5, 5.41) is 2.76. The van der Waals surface area contributed by atoms with Gasteiger partial charge in [-0.2, -0.15) is 11.8 Å². The van der Waals surface area contributed by atoms with Crippen LogP contribution in [0.3, 0.4) is 0 Å². The van der Waals surface area contributed by atoms with Crippen LogP contribution in [0.15, 0.2) is 0 Å². The summed E-state index contributed by atoms with van der Waals surface area (Å²) < 4.78 is 0. The third-order valence-electron chi connectivity index (χ3n) is 3.15. The standard InChI is InChI=1S/C13H24N2O2S/c1-4-7-11-12(16)14-10(3)13(17)15(11)8-6-9-18-5-2/h10-11H,4-9H2,1-3H3,(H,14,16). The van der Waals surface area contributed by atoms with Gasteiger partial charge >= 0.3 is 0 Å². The highest BCUT2D eigenvalue weighted by atomic mass is 32.2. The maximum Gasteiger partial charge on any atom is 0.245 e. The second-order valence-corrected chi connectivity index (χ2v) is 6.01. The predicted molar refractivity (Wildman–Crippen MR) is 75.6 cm³/mol. The van der Waals surface area contributed by atoms with E-state index in [9.17, 15) is 9.59 Å². The van der Waals surface area contributed by atoms with Crippen molar-refractivity contribution in [2.24, 2.45) is 0 Å². The molecular formula is C13H24N2O2S. The molecule has 104 valence electrons. The average Bonchev–Trinajstić information content (AvgIpc) is 2.34. The summed E-state index contributed by atoms with van der Waals surface area (Å²) in [5.41, 5.74) is 0. The Kier molecular flexibility index (Phi) is 6.54. The number of thioether (sulfide) groups is 1. The lowest BCUT2D eigenvalue weighted by molar-refractivity contribution is -0.149. The van der Waals surface area contributed by atoms with Crippen LogP contribution in [-0.4, -0.2) is 46.8 Å². The summed E-state index contributed by atoms with van der Waals surface area (Å²) in [7, 11) is 0. The van der Waals surface area contributed by atoms with Crippen molar-refractivity contribution in [3.8, 4) is 0 Å². The molecule has 0 aromatic rings. The number of carbonyl (C=O) groups excluding carboxylic acids is 2. The molecule has 4 nitrogen and oxygen atoms in total. The van der Waals surface area contributed by atoms with E-state index in [1.165, 1.54) is 0 Å². The van der Waals surface area contributed by atoms with Crippen molar-refractivity contribution < 1.29 is 9.59 Å². The first kappa shape index (κ1) is 15.3. The molecule has 1 N–H and O–H groups in total. The molecule has 1 rings (SSSR count). The topological polar surface area (TPSA) is 49.4 Å². The fourth-order valence-corrected chi connectivity index (χ4v) is 2.84. The van der Waals surface area contributed by atoms with Crippen LogP contribution in [0.4, 0.5) is 0 Å². The molecule has 2 atom stereocenters. The SMILES string of the molecule is CCCC1C(=O)NC(C)C(=O)N1CCCSCC. The lowest BCUT2D eigenvalue weighted by atomic mass is 10.0. The van der Waals surface area contributed by atoms with Gasteiger partial charge in [-0.3, -0.25) is 9.59 Å². The van der Waals surface area contributed by atoms with E-state index < -0.39 is 0 Å². The fraction of sp³-hybridized carbons (Fsp3) is 0.846. The van der Waals surface area contributed by atoms with E-state index in [2.05, 4.69) is 12.2 Å². The molecule has 0 radical (unpaired) electrons. The highest BCUT2D eigenvalue weighted by Gasteiger charge is 2.37. The van der Waals surface area contributed by atoms with E-state index in [0.717, 1.165) is 30.8 Å². The number of hydrogen-bond donors (Lipinski definition) is 1. The van der Waals surface area contributed by atoms with Crippen molar-refractivity contribution in [2.75, 3.05) is 18.1 Å². The smallest absolute Gasteiger partial charge is 0.245 e. The summed E-state index contributed by atoms with van der Waals surface area (Å²) in [6, 6.07) is -0.630. The summed E-state index contributed by atoms with van der Waals surface area (Å²) >= 11 is 1.88. The Morgan fingerprint density at radius 3 is 2.67 bits per heavy atom. The van der Waals surface area contributed by atoms with Crippen LogP contribution >= 0.6 is 11.8 Å². The molecule has 5 heteroatoms. The first-order chi connectivity index (χ1) is 8.61. The minimum absolute atomic E-state index is 0.00657. The van der Waals surface area contributed by atoms with Crippen molar-refractivity contribution in [1.29, 1.82) is 0 Å². The average molecular weight is 272 g/mol. The van der Waals surface area contributed by atoms with Crippen molar-refractivity contribution in [3.63, 3.8) is 0 Å². The van der Waals surface area contributed by atoms with Crippen LogP contribution in [-0.2, 0) is 9.59 Å². The largest absolute Gasteiger partial charge is 0.343 e. The van der Waals surface area contributed by atoms with Crippen molar-refractivity contribution in [1.82, 2.24) is 10.2 Å². The maximum atomic E-state index is 12.1. The number of rotatable bonds is 7. The zero-order chi connectivity index (χ0) is 13.5. The highest BCUT2D eigenvalue weighted by molar-refractivity contribution is 7.99. The maximum absolute atomic E-state index is 12.1. The highest BCUT2D eigenvalue weighted by Crippen LogP contribution is 2.16. The summed E-state index contributed by atoms with van der Waals surface area (Å²) in [4.78, 5) is 25.8. The molecule has 0 spiro atoms. The number of carbonyl (C=O) groups is 2. The van der Waals surface area contributed by atoms with Gasteiger partial charge in [-0.1, -0.05) is 20.3 Å². The summed E-state index contributed by atoms with van der Waals surface area (Å²) in [6.45, 7) is 6.64. The van der Waals surface area contributed by atoms with E-state index in [-0.39, 0.29) is 23.9 Å². The number of piperazine rings is 1. The zero-order valence-electron chi connectivity index (χ0n) is 11.6. The Morgan fingerprint density at radius 1 is 1.33 bits per heavy atom. The van der Waals surface area contributed by atoms with Crippen LogP contribution in [0.2, 0.25) is 0 Å². The second-order valence-electron chi connectivity index (χ2n) is 4.62. The quantitative estimate of drug-likeness (QED) is 0.717. The Hall–Kier alpha value is -0.710. The molecule has 0 aromatic heterocycles. The molecule has 1 fully saturated rings. The van der Waals surface area contributed by atoms with Crippen LogP contribution in [0.1, 0.15) is 40.0 Å². The number of hydrogen-bond acceptors (Lipinski definition) is 3.